The number of carbonyl (C=O) groups excluding carboxylic acids is 1. The van der Waals surface area contributed by atoms with E-state index in [9.17, 15) is 4.79 Å². The number of nitrogens with zero attached hydrogens (tertiary/aromatic N) is 1. The van der Waals surface area contributed by atoms with Gasteiger partial charge in [-0.25, -0.2) is 0 Å². The third kappa shape index (κ3) is 4.15. The number of benzene rings is 2. The summed E-state index contributed by atoms with van der Waals surface area (Å²) >= 11 is 0. The molecule has 0 saturated heterocycles. The summed E-state index contributed by atoms with van der Waals surface area (Å²) < 4.78 is 0. The van der Waals surface area contributed by atoms with Gasteiger partial charge in [-0.05, 0) is 50.7 Å². The van der Waals surface area contributed by atoms with Crippen molar-refractivity contribution in [2.45, 2.75) is 20.4 Å². The zero-order chi connectivity index (χ0) is 16.1. The van der Waals surface area contributed by atoms with Gasteiger partial charge in [0.2, 0.25) is 0 Å². The zero-order valence-electron chi connectivity index (χ0n) is 13.8. The summed E-state index contributed by atoms with van der Waals surface area (Å²) in [6.45, 7) is 4.88. The molecule has 0 saturated carbocycles. The normalized spacial score (nSPS) is 11.3. The maximum Gasteiger partial charge on any atom is 0.186 e. The van der Waals surface area contributed by atoms with Crippen LogP contribution in [0.5, 0.6) is 0 Å². The molecule has 0 heterocycles. The summed E-state index contributed by atoms with van der Waals surface area (Å²) in [6, 6.07) is 14.1. The van der Waals surface area contributed by atoms with E-state index in [0.717, 1.165) is 23.2 Å². The van der Waals surface area contributed by atoms with Crippen LogP contribution in [0.25, 0.3) is 6.08 Å². The molecule has 0 unspecified atom stereocenters. The highest BCUT2D eigenvalue weighted by atomic mass is 16.1. The van der Waals surface area contributed by atoms with Crippen LogP contribution >= 0.6 is 0 Å². The van der Waals surface area contributed by atoms with Crippen LogP contribution in [0.2, 0.25) is 0 Å². The second kappa shape index (κ2) is 7.19. The van der Waals surface area contributed by atoms with Crippen molar-refractivity contribution < 1.29 is 4.79 Å². The summed E-state index contributed by atoms with van der Waals surface area (Å²) in [7, 11) is 4.09. The molecule has 0 aliphatic carbocycles. The molecule has 0 atom stereocenters. The molecule has 2 rings (SSSR count). The fraction of sp³-hybridized carbons (Fsp3) is 0.250. The van der Waals surface area contributed by atoms with Crippen LogP contribution in [0.15, 0.2) is 48.5 Å². The molecule has 0 fully saturated rings. The van der Waals surface area contributed by atoms with Gasteiger partial charge in [0, 0.05) is 12.1 Å². The Bertz CT molecular complexity index is 699. The molecule has 2 aromatic carbocycles. The molecule has 2 heteroatoms. The molecule has 114 valence electrons. The molecular formula is C20H23NO. The highest BCUT2D eigenvalue weighted by molar-refractivity contribution is 6.07. The molecule has 0 aliphatic rings. The van der Waals surface area contributed by atoms with Crippen LogP contribution in [0.3, 0.4) is 0 Å². The van der Waals surface area contributed by atoms with Gasteiger partial charge in [-0.3, -0.25) is 4.79 Å². The maximum atomic E-state index is 12.4. The van der Waals surface area contributed by atoms with Crippen LogP contribution in [-0.2, 0) is 6.54 Å². The Labute approximate surface area is 133 Å². The van der Waals surface area contributed by atoms with E-state index in [2.05, 4.69) is 11.0 Å². The number of allylic oxidation sites excluding steroid dienone is 1. The van der Waals surface area contributed by atoms with Gasteiger partial charge in [-0.1, -0.05) is 54.1 Å². The van der Waals surface area contributed by atoms with Crippen molar-refractivity contribution in [1.29, 1.82) is 0 Å². The van der Waals surface area contributed by atoms with Crippen LogP contribution in [-0.4, -0.2) is 24.8 Å². The minimum absolute atomic E-state index is 0.0529. The lowest BCUT2D eigenvalue weighted by molar-refractivity contribution is 0.104. The zero-order valence-corrected chi connectivity index (χ0v) is 13.8. The largest absolute Gasteiger partial charge is 0.305 e. The lowest BCUT2D eigenvalue weighted by Crippen LogP contribution is -2.11. The van der Waals surface area contributed by atoms with Gasteiger partial charge in [0.15, 0.2) is 5.78 Å². The molecule has 2 nitrogen and oxygen atoms in total. The molecule has 0 amide bonds. The summed E-state index contributed by atoms with van der Waals surface area (Å²) in [5, 5.41) is 0. The first-order valence-electron chi connectivity index (χ1n) is 7.49. The van der Waals surface area contributed by atoms with Crippen molar-refractivity contribution >= 4 is 11.9 Å². The molecule has 0 aliphatic heterocycles. The first-order chi connectivity index (χ1) is 10.5. The van der Waals surface area contributed by atoms with Gasteiger partial charge in [0.25, 0.3) is 0 Å². The van der Waals surface area contributed by atoms with Gasteiger partial charge in [0.1, 0.15) is 0 Å². The number of hydrogen-bond acceptors (Lipinski definition) is 2. The third-order valence-electron chi connectivity index (χ3n) is 3.60. The quantitative estimate of drug-likeness (QED) is 0.606. The topological polar surface area (TPSA) is 20.3 Å². The Kier molecular flexibility index (Phi) is 5.29. The smallest absolute Gasteiger partial charge is 0.186 e. The monoisotopic (exact) mass is 293 g/mol. The maximum absolute atomic E-state index is 12.4. The summed E-state index contributed by atoms with van der Waals surface area (Å²) in [6.07, 6.45) is 3.59. The number of hydrogen-bond donors (Lipinski definition) is 0. The van der Waals surface area contributed by atoms with Crippen molar-refractivity contribution in [3.63, 3.8) is 0 Å². The second-order valence-electron chi connectivity index (χ2n) is 5.95. The van der Waals surface area contributed by atoms with Crippen molar-refractivity contribution in [1.82, 2.24) is 4.90 Å². The van der Waals surface area contributed by atoms with Gasteiger partial charge >= 0.3 is 0 Å². The Morgan fingerprint density at radius 3 is 2.50 bits per heavy atom. The van der Waals surface area contributed by atoms with Gasteiger partial charge in [-0.15, -0.1) is 0 Å². The predicted molar refractivity (Wildman–Crippen MR) is 93.1 cm³/mol. The first kappa shape index (κ1) is 16.2. The molecule has 0 bridgehead atoms. The average Bonchev–Trinajstić information content (AvgIpc) is 2.45. The highest BCUT2D eigenvalue weighted by Crippen LogP contribution is 2.15. The second-order valence-corrected chi connectivity index (χ2v) is 5.95. The van der Waals surface area contributed by atoms with E-state index in [1.165, 1.54) is 11.1 Å². The molecule has 0 spiro atoms. The van der Waals surface area contributed by atoms with Crippen molar-refractivity contribution in [2.75, 3.05) is 14.1 Å². The van der Waals surface area contributed by atoms with Gasteiger partial charge in [0.05, 0.1) is 0 Å². The summed E-state index contributed by atoms with van der Waals surface area (Å²) in [5.74, 6) is 0.0529. The SMILES string of the molecule is Cc1ccc(C(=O)/C=C/c2ccccc2CN(C)C)c(C)c1. The molecule has 22 heavy (non-hydrogen) atoms. The number of aryl methyl sites for hydroxylation is 2. The van der Waals surface area contributed by atoms with E-state index in [4.69, 9.17) is 0 Å². The Morgan fingerprint density at radius 2 is 1.82 bits per heavy atom. The Hall–Kier alpha value is -2.19. The molecule has 2 aromatic rings. The van der Waals surface area contributed by atoms with Gasteiger partial charge < -0.3 is 4.90 Å². The Balaban J connectivity index is 2.23. The minimum Gasteiger partial charge on any atom is -0.305 e. The highest BCUT2D eigenvalue weighted by Gasteiger charge is 2.06. The third-order valence-corrected chi connectivity index (χ3v) is 3.60. The van der Waals surface area contributed by atoms with Crippen molar-refractivity contribution in [3.8, 4) is 0 Å². The van der Waals surface area contributed by atoms with Crippen LogP contribution in [0.1, 0.15) is 32.6 Å². The van der Waals surface area contributed by atoms with E-state index in [1.54, 1.807) is 6.08 Å². The van der Waals surface area contributed by atoms with Crippen molar-refractivity contribution in [3.05, 3.63) is 76.4 Å². The number of rotatable bonds is 5. The minimum atomic E-state index is 0.0529. The number of ketones is 1. The summed E-state index contributed by atoms with van der Waals surface area (Å²) in [4.78, 5) is 14.5. The van der Waals surface area contributed by atoms with Crippen molar-refractivity contribution in [2.24, 2.45) is 0 Å². The average molecular weight is 293 g/mol. The van der Waals surface area contributed by atoms with Crippen LogP contribution in [0.4, 0.5) is 0 Å². The molecular weight excluding hydrogens is 270 g/mol. The lowest BCUT2D eigenvalue weighted by Gasteiger charge is -2.12. The van der Waals surface area contributed by atoms with E-state index in [-0.39, 0.29) is 5.78 Å². The van der Waals surface area contributed by atoms with E-state index in [1.807, 2.05) is 70.4 Å². The van der Waals surface area contributed by atoms with E-state index in [0.29, 0.717) is 0 Å². The Morgan fingerprint density at radius 1 is 1.09 bits per heavy atom. The predicted octanol–water partition coefficient (Wildman–Crippen LogP) is 4.26. The fourth-order valence-electron chi connectivity index (χ4n) is 2.53. The molecule has 0 N–H and O–H groups in total. The fourth-order valence-corrected chi connectivity index (χ4v) is 2.53. The molecule has 0 radical (unpaired) electrons. The van der Waals surface area contributed by atoms with Gasteiger partial charge in [-0.2, -0.15) is 0 Å². The standard InChI is InChI=1S/C20H23NO/c1-15-9-11-19(16(2)13-15)20(22)12-10-17-7-5-6-8-18(17)14-21(3)4/h5-13H,14H2,1-4H3/b12-10+. The van der Waals surface area contributed by atoms with E-state index >= 15 is 0 Å². The lowest BCUT2D eigenvalue weighted by atomic mass is 10.0. The molecule has 0 aromatic heterocycles. The summed E-state index contributed by atoms with van der Waals surface area (Å²) in [5.41, 5.74) is 5.28. The first-order valence-corrected chi connectivity index (χ1v) is 7.49. The van der Waals surface area contributed by atoms with E-state index < -0.39 is 0 Å². The van der Waals surface area contributed by atoms with Crippen LogP contribution in [0, 0.1) is 13.8 Å². The van der Waals surface area contributed by atoms with Crippen LogP contribution < -0.4 is 0 Å². The number of carbonyl (C=O) groups is 1.